The third kappa shape index (κ3) is 3.66. The number of hydrogen-bond acceptors (Lipinski definition) is 7. The summed E-state index contributed by atoms with van der Waals surface area (Å²) in [4.78, 5) is 32.2. The van der Waals surface area contributed by atoms with E-state index < -0.39 is 5.97 Å². The van der Waals surface area contributed by atoms with Gasteiger partial charge in [0.2, 0.25) is 5.91 Å². The largest absolute Gasteiger partial charge is 0.488 e. The normalized spacial score (nSPS) is 18.3. The van der Waals surface area contributed by atoms with E-state index in [2.05, 4.69) is 15.3 Å². The molecule has 1 aromatic carbocycles. The lowest BCUT2D eigenvalue weighted by Crippen LogP contribution is -2.40. The summed E-state index contributed by atoms with van der Waals surface area (Å²) in [6.07, 6.45) is 4.00. The topological polar surface area (TPSA) is 104 Å². The molecular weight excluding hydrogens is 362 g/mol. The van der Waals surface area contributed by atoms with Crippen molar-refractivity contribution in [2.45, 2.75) is 25.9 Å². The van der Waals surface area contributed by atoms with Crippen LogP contribution in [0.4, 0.5) is 6.01 Å². The van der Waals surface area contributed by atoms with Crippen molar-refractivity contribution in [3.63, 3.8) is 0 Å². The van der Waals surface area contributed by atoms with Gasteiger partial charge < -0.3 is 13.9 Å². The number of ether oxygens (including phenoxy) is 2. The van der Waals surface area contributed by atoms with Crippen LogP contribution in [-0.2, 0) is 9.53 Å². The number of aromatic nitrogens is 2. The molecule has 0 saturated heterocycles. The van der Waals surface area contributed by atoms with Crippen LogP contribution >= 0.6 is 0 Å². The lowest BCUT2D eigenvalue weighted by atomic mass is 9.81. The van der Waals surface area contributed by atoms with Crippen molar-refractivity contribution in [2.24, 2.45) is 5.92 Å². The van der Waals surface area contributed by atoms with Crippen molar-refractivity contribution >= 4 is 28.8 Å². The average molecular weight is 381 g/mol. The van der Waals surface area contributed by atoms with Crippen LogP contribution in [0.3, 0.4) is 0 Å². The summed E-state index contributed by atoms with van der Waals surface area (Å²) in [7, 11) is 0. The Labute approximate surface area is 160 Å². The number of oxazole rings is 1. The molecule has 0 aliphatic heterocycles. The maximum absolute atomic E-state index is 12.3. The van der Waals surface area contributed by atoms with E-state index in [1.807, 2.05) is 30.3 Å². The van der Waals surface area contributed by atoms with Crippen LogP contribution in [0.15, 0.2) is 47.2 Å². The fourth-order valence-electron chi connectivity index (χ4n) is 3.06. The maximum atomic E-state index is 12.3. The molecule has 0 radical (unpaired) electrons. The third-order valence-corrected chi connectivity index (χ3v) is 4.57. The number of rotatable bonds is 6. The number of anilines is 1. The van der Waals surface area contributed by atoms with E-state index in [0.717, 1.165) is 17.2 Å². The second-order valence-electron chi connectivity index (χ2n) is 6.49. The van der Waals surface area contributed by atoms with E-state index in [-0.39, 0.29) is 36.2 Å². The van der Waals surface area contributed by atoms with Gasteiger partial charge in [-0.3, -0.25) is 15.1 Å². The minimum absolute atomic E-state index is 0.0179. The van der Waals surface area contributed by atoms with Gasteiger partial charge >= 0.3 is 12.0 Å². The van der Waals surface area contributed by atoms with Gasteiger partial charge in [0.1, 0.15) is 23.6 Å². The Morgan fingerprint density at radius 2 is 2.07 bits per heavy atom. The van der Waals surface area contributed by atoms with Crippen molar-refractivity contribution in [2.75, 3.05) is 11.9 Å². The minimum atomic E-state index is -0.590. The summed E-state index contributed by atoms with van der Waals surface area (Å²) < 4.78 is 16.0. The number of benzene rings is 1. The Morgan fingerprint density at radius 3 is 2.89 bits per heavy atom. The molecule has 4 rings (SSSR count). The summed E-state index contributed by atoms with van der Waals surface area (Å²) in [5.74, 6) is -0.291. The zero-order chi connectivity index (χ0) is 19.5. The van der Waals surface area contributed by atoms with Gasteiger partial charge in [-0.15, -0.1) is 0 Å². The van der Waals surface area contributed by atoms with E-state index in [1.54, 1.807) is 13.1 Å². The Hall–Kier alpha value is -3.42. The first-order chi connectivity index (χ1) is 13.6. The fraction of sp³-hybridized carbons (Fsp3) is 0.300. The fourth-order valence-corrected chi connectivity index (χ4v) is 3.06. The molecular formula is C20H19N3O5. The Bertz CT molecular complexity index is 1000. The van der Waals surface area contributed by atoms with Crippen molar-refractivity contribution in [1.82, 2.24) is 9.97 Å². The molecule has 1 aliphatic rings. The predicted molar refractivity (Wildman–Crippen MR) is 100.0 cm³/mol. The molecule has 8 heteroatoms. The third-order valence-electron chi connectivity index (χ3n) is 4.57. The van der Waals surface area contributed by atoms with E-state index in [9.17, 15) is 9.59 Å². The molecule has 1 N–H and O–H groups in total. The lowest BCUT2D eigenvalue weighted by molar-refractivity contribution is -0.125. The van der Waals surface area contributed by atoms with Gasteiger partial charge in [-0.1, -0.05) is 18.2 Å². The second kappa shape index (κ2) is 7.67. The zero-order valence-corrected chi connectivity index (χ0v) is 15.3. The molecule has 1 amide bonds. The number of fused-ring (bicyclic) bond motifs is 1. The molecule has 0 unspecified atom stereocenters. The van der Waals surface area contributed by atoms with Gasteiger partial charge in [0, 0.05) is 17.5 Å². The maximum Gasteiger partial charge on any atom is 0.360 e. The average Bonchev–Trinajstić information content (AvgIpc) is 3.13. The van der Waals surface area contributed by atoms with Crippen molar-refractivity contribution in [1.29, 1.82) is 0 Å². The zero-order valence-electron chi connectivity index (χ0n) is 15.3. The van der Waals surface area contributed by atoms with Gasteiger partial charge in [0.05, 0.1) is 6.61 Å². The van der Waals surface area contributed by atoms with Gasteiger partial charge in [0.25, 0.3) is 0 Å². The SMILES string of the molecule is CCOC(=O)c1coc(NC(=O)[C@H]2C[C@H](Oc3cccc4cccnc34)C2)n1. The van der Waals surface area contributed by atoms with E-state index in [4.69, 9.17) is 13.9 Å². The monoisotopic (exact) mass is 381 g/mol. The highest BCUT2D eigenvalue weighted by Gasteiger charge is 2.37. The number of carbonyl (C=O) groups excluding carboxylic acids is 2. The molecule has 0 spiro atoms. The molecule has 2 heterocycles. The number of amides is 1. The Morgan fingerprint density at radius 1 is 1.25 bits per heavy atom. The second-order valence-corrected chi connectivity index (χ2v) is 6.49. The number of pyridine rings is 1. The van der Waals surface area contributed by atoms with E-state index >= 15 is 0 Å². The summed E-state index contributed by atoms with van der Waals surface area (Å²) in [5, 5.41) is 3.59. The molecule has 0 bridgehead atoms. The first-order valence-electron chi connectivity index (χ1n) is 9.08. The molecule has 3 aromatic rings. The van der Waals surface area contributed by atoms with Crippen LogP contribution in [0.25, 0.3) is 10.9 Å². The van der Waals surface area contributed by atoms with Gasteiger partial charge in [0.15, 0.2) is 5.69 Å². The standard InChI is InChI=1S/C20H19N3O5/c1-2-26-19(25)15-11-27-20(22-15)23-18(24)13-9-14(10-13)28-16-7-3-5-12-6-4-8-21-17(12)16/h3-8,11,13-14H,2,9-10H2,1H3,(H,22,23,24)/t13-,14-. The first kappa shape index (κ1) is 18.0. The van der Waals surface area contributed by atoms with Crippen LogP contribution in [0.2, 0.25) is 0 Å². The van der Waals surface area contributed by atoms with Crippen LogP contribution < -0.4 is 10.1 Å². The smallest absolute Gasteiger partial charge is 0.360 e. The summed E-state index contributed by atoms with van der Waals surface area (Å²) in [5.41, 5.74) is 0.833. The Kier molecular flexibility index (Phi) is 4.92. The highest BCUT2D eigenvalue weighted by atomic mass is 16.5. The number of para-hydroxylation sites is 1. The minimum Gasteiger partial charge on any atom is -0.488 e. The summed E-state index contributed by atoms with van der Waals surface area (Å²) in [6, 6.07) is 9.63. The highest BCUT2D eigenvalue weighted by Crippen LogP contribution is 2.34. The van der Waals surface area contributed by atoms with Crippen LogP contribution in [0, 0.1) is 5.92 Å². The predicted octanol–water partition coefficient (Wildman–Crippen LogP) is 3.20. The van der Waals surface area contributed by atoms with Crippen LogP contribution in [-0.4, -0.2) is 34.6 Å². The number of carbonyl (C=O) groups is 2. The summed E-state index contributed by atoms with van der Waals surface area (Å²) >= 11 is 0. The van der Waals surface area contributed by atoms with E-state index in [1.165, 1.54) is 0 Å². The molecule has 1 saturated carbocycles. The van der Waals surface area contributed by atoms with Gasteiger partial charge in [-0.25, -0.2) is 4.79 Å². The van der Waals surface area contributed by atoms with Gasteiger partial charge in [-0.05, 0) is 31.9 Å². The Balaban J connectivity index is 1.31. The van der Waals surface area contributed by atoms with Crippen LogP contribution in [0.5, 0.6) is 5.75 Å². The molecule has 144 valence electrons. The molecule has 1 aliphatic carbocycles. The van der Waals surface area contributed by atoms with Gasteiger partial charge in [-0.2, -0.15) is 4.98 Å². The molecule has 1 fully saturated rings. The molecule has 0 atom stereocenters. The number of hydrogen-bond donors (Lipinski definition) is 1. The number of nitrogens with one attached hydrogen (secondary N) is 1. The first-order valence-corrected chi connectivity index (χ1v) is 9.08. The van der Waals surface area contributed by atoms with E-state index in [0.29, 0.717) is 18.6 Å². The molecule has 8 nitrogen and oxygen atoms in total. The van der Waals surface area contributed by atoms with Crippen molar-refractivity contribution in [3.8, 4) is 5.75 Å². The van der Waals surface area contributed by atoms with Crippen molar-refractivity contribution < 1.29 is 23.5 Å². The quantitative estimate of drug-likeness (QED) is 0.654. The van der Waals surface area contributed by atoms with Crippen molar-refractivity contribution in [3.05, 3.63) is 48.5 Å². The number of esters is 1. The lowest BCUT2D eigenvalue weighted by Gasteiger charge is -2.34. The number of nitrogens with zero attached hydrogens (tertiary/aromatic N) is 2. The summed E-state index contributed by atoms with van der Waals surface area (Å²) in [6.45, 7) is 1.94. The highest BCUT2D eigenvalue weighted by molar-refractivity contribution is 5.92. The van der Waals surface area contributed by atoms with Crippen LogP contribution in [0.1, 0.15) is 30.3 Å². The molecule has 28 heavy (non-hydrogen) atoms. The molecule has 2 aromatic heterocycles.